The van der Waals surface area contributed by atoms with Crippen LogP contribution in [0.25, 0.3) is 0 Å². The molecule has 1 saturated heterocycles. The minimum atomic E-state index is 0. The molecule has 0 saturated carbocycles. The molecule has 2 N–H and O–H groups in total. The van der Waals surface area contributed by atoms with Gasteiger partial charge in [0.25, 0.3) is 0 Å². The van der Waals surface area contributed by atoms with E-state index in [-0.39, 0.29) is 24.0 Å². The Hall–Kier alpha value is 0.140. The van der Waals surface area contributed by atoms with Crippen molar-refractivity contribution in [2.75, 3.05) is 33.2 Å². The summed E-state index contributed by atoms with van der Waals surface area (Å²) in [6, 6.07) is 4.84. The summed E-state index contributed by atoms with van der Waals surface area (Å²) in [4.78, 5) is 8.30. The quantitative estimate of drug-likeness (QED) is 0.345. The van der Waals surface area contributed by atoms with Crippen molar-refractivity contribution in [1.82, 2.24) is 15.5 Å². The third kappa shape index (κ3) is 7.70. The van der Waals surface area contributed by atoms with E-state index in [1.807, 2.05) is 7.05 Å². The third-order valence-corrected chi connectivity index (χ3v) is 5.67. The molecule has 2 rings (SSSR count). The van der Waals surface area contributed by atoms with Crippen LogP contribution in [0.15, 0.2) is 20.9 Å². The van der Waals surface area contributed by atoms with Gasteiger partial charge in [-0.3, -0.25) is 4.99 Å². The Morgan fingerprint density at radius 3 is 2.70 bits per heavy atom. The number of guanidine groups is 1. The van der Waals surface area contributed by atoms with Crippen molar-refractivity contribution in [2.45, 2.75) is 38.6 Å². The topological polar surface area (TPSA) is 39.7 Å². The fraction of sp³-hybridized carbons (Fsp3) is 0.688. The third-order valence-electron chi connectivity index (χ3n) is 3.98. The molecule has 0 bridgehead atoms. The molecule has 4 nitrogen and oxygen atoms in total. The average Bonchev–Trinajstić information content (AvgIpc) is 2.94. The van der Waals surface area contributed by atoms with E-state index in [1.165, 1.54) is 47.6 Å². The van der Waals surface area contributed by atoms with Crippen LogP contribution in [-0.4, -0.2) is 50.1 Å². The van der Waals surface area contributed by atoms with Gasteiger partial charge in [0.05, 0.1) is 3.79 Å². The second-order valence-electron chi connectivity index (χ2n) is 5.72. The van der Waals surface area contributed by atoms with Crippen LogP contribution in [0.1, 0.15) is 31.1 Å². The summed E-state index contributed by atoms with van der Waals surface area (Å²) in [7, 11) is 1.85. The number of piperidine rings is 1. The maximum atomic E-state index is 4.35. The SMILES string of the molecule is CCCN1CCC(NC(=NC)NCCc2ccc(Br)s2)CC1.I. The largest absolute Gasteiger partial charge is 0.356 e. The standard InChI is InChI=1S/C16H27BrN4S.HI/c1-3-10-21-11-7-13(8-12-21)20-16(18-2)19-9-6-14-4-5-15(17)22-14;/h4-5,13H,3,6-12H2,1-2H3,(H2,18,19,20);1H. The van der Waals surface area contributed by atoms with Crippen LogP contribution in [0, 0.1) is 0 Å². The van der Waals surface area contributed by atoms with Gasteiger partial charge in [0, 0.05) is 37.6 Å². The first-order valence-electron chi connectivity index (χ1n) is 8.15. The molecule has 0 aliphatic carbocycles. The van der Waals surface area contributed by atoms with Crippen LogP contribution in [-0.2, 0) is 6.42 Å². The predicted molar refractivity (Wildman–Crippen MR) is 115 cm³/mol. The monoisotopic (exact) mass is 514 g/mol. The molecule has 0 atom stereocenters. The number of nitrogens with one attached hydrogen (secondary N) is 2. The highest BCUT2D eigenvalue weighted by molar-refractivity contribution is 14.0. The second kappa shape index (κ2) is 11.7. The molecular formula is C16H28BrIN4S. The predicted octanol–water partition coefficient (Wildman–Crippen LogP) is 3.71. The molecule has 2 heterocycles. The van der Waals surface area contributed by atoms with Gasteiger partial charge in [-0.15, -0.1) is 35.3 Å². The number of likely N-dealkylation sites (tertiary alicyclic amines) is 1. The summed E-state index contributed by atoms with van der Waals surface area (Å²) < 4.78 is 1.20. The second-order valence-corrected chi connectivity index (χ2v) is 8.26. The summed E-state index contributed by atoms with van der Waals surface area (Å²) in [5, 5.41) is 6.99. The molecule has 0 amide bonds. The molecule has 1 fully saturated rings. The van der Waals surface area contributed by atoms with E-state index in [0.29, 0.717) is 6.04 Å². The maximum absolute atomic E-state index is 4.35. The van der Waals surface area contributed by atoms with Crippen molar-refractivity contribution in [2.24, 2.45) is 4.99 Å². The van der Waals surface area contributed by atoms with Gasteiger partial charge in [-0.1, -0.05) is 6.92 Å². The number of rotatable bonds is 6. The number of nitrogens with zero attached hydrogens (tertiary/aromatic N) is 2. The zero-order chi connectivity index (χ0) is 15.8. The number of hydrogen-bond donors (Lipinski definition) is 2. The Labute approximate surface area is 169 Å². The first-order chi connectivity index (χ1) is 10.7. The van der Waals surface area contributed by atoms with Crippen molar-refractivity contribution >= 4 is 57.2 Å². The van der Waals surface area contributed by atoms with Gasteiger partial charge in [-0.25, -0.2) is 0 Å². The summed E-state index contributed by atoms with van der Waals surface area (Å²) in [5.41, 5.74) is 0. The van der Waals surface area contributed by atoms with Gasteiger partial charge < -0.3 is 15.5 Å². The van der Waals surface area contributed by atoms with Gasteiger partial charge >= 0.3 is 0 Å². The molecule has 132 valence electrons. The van der Waals surface area contributed by atoms with Gasteiger partial charge in [0.15, 0.2) is 5.96 Å². The summed E-state index contributed by atoms with van der Waals surface area (Å²) in [5.74, 6) is 0.935. The minimum absolute atomic E-state index is 0. The Morgan fingerprint density at radius 1 is 1.39 bits per heavy atom. The molecule has 0 unspecified atom stereocenters. The zero-order valence-corrected chi connectivity index (χ0v) is 18.7. The lowest BCUT2D eigenvalue weighted by Gasteiger charge is -2.32. The van der Waals surface area contributed by atoms with Crippen molar-refractivity contribution in [3.63, 3.8) is 0 Å². The lowest BCUT2D eigenvalue weighted by molar-refractivity contribution is 0.206. The fourth-order valence-corrected chi connectivity index (χ4v) is 4.28. The number of thiophene rings is 1. The van der Waals surface area contributed by atoms with E-state index < -0.39 is 0 Å². The summed E-state index contributed by atoms with van der Waals surface area (Å²) in [6.07, 6.45) is 4.70. The van der Waals surface area contributed by atoms with Crippen LogP contribution >= 0.6 is 51.2 Å². The summed E-state index contributed by atoms with van der Waals surface area (Å²) >= 11 is 5.30. The molecule has 1 aliphatic heterocycles. The van der Waals surface area contributed by atoms with Crippen LogP contribution in [0.4, 0.5) is 0 Å². The summed E-state index contributed by atoms with van der Waals surface area (Å²) in [6.45, 7) is 6.80. The van der Waals surface area contributed by atoms with E-state index >= 15 is 0 Å². The number of halogens is 2. The Kier molecular flexibility index (Phi) is 10.7. The molecule has 7 heteroatoms. The molecule has 1 aromatic rings. The zero-order valence-electron chi connectivity index (χ0n) is 14.0. The van der Waals surface area contributed by atoms with E-state index in [4.69, 9.17) is 0 Å². The lowest BCUT2D eigenvalue weighted by Crippen LogP contribution is -2.49. The van der Waals surface area contributed by atoms with Crippen LogP contribution in [0.5, 0.6) is 0 Å². The van der Waals surface area contributed by atoms with Gasteiger partial charge in [-0.05, 0) is 60.3 Å². The molecular weight excluding hydrogens is 487 g/mol. The first kappa shape index (κ1) is 21.2. The normalized spacial score (nSPS) is 16.9. The average molecular weight is 515 g/mol. The van der Waals surface area contributed by atoms with Crippen molar-refractivity contribution in [1.29, 1.82) is 0 Å². The Bertz CT molecular complexity index is 472. The molecule has 1 aromatic heterocycles. The molecule has 0 radical (unpaired) electrons. The van der Waals surface area contributed by atoms with E-state index in [0.717, 1.165) is 18.9 Å². The maximum Gasteiger partial charge on any atom is 0.191 e. The fourth-order valence-electron chi connectivity index (χ4n) is 2.80. The van der Waals surface area contributed by atoms with Crippen LogP contribution in [0.3, 0.4) is 0 Å². The molecule has 0 spiro atoms. The first-order valence-corrected chi connectivity index (χ1v) is 9.76. The Balaban J connectivity index is 0.00000264. The van der Waals surface area contributed by atoms with Gasteiger partial charge in [0.1, 0.15) is 0 Å². The van der Waals surface area contributed by atoms with Gasteiger partial charge in [-0.2, -0.15) is 0 Å². The lowest BCUT2D eigenvalue weighted by atomic mass is 10.1. The van der Waals surface area contributed by atoms with Crippen LogP contribution in [0.2, 0.25) is 0 Å². The van der Waals surface area contributed by atoms with E-state index in [1.54, 1.807) is 11.3 Å². The van der Waals surface area contributed by atoms with E-state index in [9.17, 15) is 0 Å². The smallest absolute Gasteiger partial charge is 0.191 e. The molecule has 0 aromatic carbocycles. The highest BCUT2D eigenvalue weighted by atomic mass is 127. The van der Waals surface area contributed by atoms with Gasteiger partial charge in [0.2, 0.25) is 0 Å². The molecule has 23 heavy (non-hydrogen) atoms. The number of aliphatic imine (C=N–C) groups is 1. The van der Waals surface area contributed by atoms with Crippen molar-refractivity contribution < 1.29 is 0 Å². The van der Waals surface area contributed by atoms with Crippen molar-refractivity contribution in [3.05, 3.63) is 20.8 Å². The van der Waals surface area contributed by atoms with Crippen LogP contribution < -0.4 is 10.6 Å². The Morgan fingerprint density at radius 2 is 2.13 bits per heavy atom. The molecule has 1 aliphatic rings. The highest BCUT2D eigenvalue weighted by Gasteiger charge is 2.19. The van der Waals surface area contributed by atoms with Crippen molar-refractivity contribution in [3.8, 4) is 0 Å². The number of hydrogen-bond acceptors (Lipinski definition) is 3. The minimum Gasteiger partial charge on any atom is -0.356 e. The van der Waals surface area contributed by atoms with E-state index in [2.05, 4.69) is 55.5 Å². The highest BCUT2D eigenvalue weighted by Crippen LogP contribution is 2.22.